The molecule has 0 fully saturated rings. The van der Waals surface area contributed by atoms with E-state index in [0.29, 0.717) is 10.0 Å². The van der Waals surface area contributed by atoms with Crippen molar-refractivity contribution in [2.75, 3.05) is 0 Å². The third kappa shape index (κ3) is 3.19. The van der Waals surface area contributed by atoms with Gasteiger partial charge < -0.3 is 5.11 Å². The molecule has 1 rings (SSSR count). The number of phenols is 1. The Morgan fingerprint density at radius 1 is 1.11 bits per heavy atom. The van der Waals surface area contributed by atoms with Crippen molar-refractivity contribution in [1.29, 1.82) is 0 Å². The molecule has 0 heterocycles. The molecule has 0 aliphatic rings. The summed E-state index contributed by atoms with van der Waals surface area (Å²) >= 11 is 3.49. The minimum atomic E-state index is -0.242. The van der Waals surface area contributed by atoms with Crippen LogP contribution in [0.4, 0.5) is 0 Å². The first-order valence-corrected chi connectivity index (χ1v) is 7.24. The summed E-state index contributed by atoms with van der Waals surface area (Å²) in [7, 11) is 0. The Morgan fingerprint density at radius 2 is 1.58 bits per heavy atom. The summed E-state index contributed by atoms with van der Waals surface area (Å²) in [6.45, 7) is 13.7. The topological polar surface area (TPSA) is 37.3 Å². The zero-order valence-electron chi connectivity index (χ0n) is 12.8. The van der Waals surface area contributed by atoms with Gasteiger partial charge in [0, 0.05) is 21.2 Å². The largest absolute Gasteiger partial charge is 0.507 e. The predicted molar refractivity (Wildman–Crippen MR) is 83.2 cm³/mol. The summed E-state index contributed by atoms with van der Waals surface area (Å²) in [6.07, 6.45) is 0. The van der Waals surface area contributed by atoms with Gasteiger partial charge >= 0.3 is 0 Å². The van der Waals surface area contributed by atoms with Gasteiger partial charge in [-0.1, -0.05) is 41.5 Å². The van der Waals surface area contributed by atoms with Crippen molar-refractivity contribution in [1.82, 2.24) is 0 Å². The molecule has 1 N–H and O–H groups in total. The monoisotopic (exact) mass is 326 g/mol. The molecule has 0 saturated heterocycles. The van der Waals surface area contributed by atoms with Gasteiger partial charge in [-0.25, -0.2) is 0 Å². The van der Waals surface area contributed by atoms with E-state index in [9.17, 15) is 9.90 Å². The molecule has 106 valence electrons. The van der Waals surface area contributed by atoms with Gasteiger partial charge in [0.25, 0.3) is 0 Å². The van der Waals surface area contributed by atoms with Crippen molar-refractivity contribution >= 4 is 21.7 Å². The molecule has 0 unspecified atom stereocenters. The molecule has 1 aromatic carbocycles. The van der Waals surface area contributed by atoms with Crippen LogP contribution < -0.4 is 0 Å². The van der Waals surface area contributed by atoms with Gasteiger partial charge in [-0.05, 0) is 39.8 Å². The molecule has 0 aromatic heterocycles. The molecule has 0 spiro atoms. The Balaban J connectivity index is 3.82. The molecule has 19 heavy (non-hydrogen) atoms. The fourth-order valence-corrected chi connectivity index (χ4v) is 3.34. The normalized spacial score (nSPS) is 12.6. The molecule has 3 heteroatoms. The van der Waals surface area contributed by atoms with Crippen LogP contribution in [0.3, 0.4) is 0 Å². The zero-order chi connectivity index (χ0) is 15.2. The molecule has 0 atom stereocenters. The van der Waals surface area contributed by atoms with E-state index in [2.05, 4.69) is 15.9 Å². The summed E-state index contributed by atoms with van der Waals surface area (Å²) in [5, 5.41) is 10.6. The standard InChI is InChI=1S/C16H23BrO2/c1-9(18)10-8-11(15(2,3)4)14(19)12(13(10)17)16(5,6)7/h8,19H,1-7H3. The summed E-state index contributed by atoms with van der Waals surface area (Å²) in [5.41, 5.74) is 1.78. The van der Waals surface area contributed by atoms with Crippen LogP contribution in [0.1, 0.15) is 70.0 Å². The molecule has 0 radical (unpaired) electrons. The number of carbonyl (C=O) groups excluding carboxylic acids is 1. The summed E-state index contributed by atoms with van der Waals surface area (Å²) in [5.74, 6) is 0.291. The van der Waals surface area contributed by atoms with Crippen molar-refractivity contribution in [3.63, 3.8) is 0 Å². The molecule has 0 aliphatic heterocycles. The number of rotatable bonds is 1. The number of hydrogen-bond acceptors (Lipinski definition) is 2. The lowest BCUT2D eigenvalue weighted by atomic mass is 9.78. The lowest BCUT2D eigenvalue weighted by molar-refractivity contribution is 0.101. The first-order chi connectivity index (χ1) is 8.37. The SMILES string of the molecule is CC(=O)c1cc(C(C)(C)C)c(O)c(C(C)(C)C)c1Br. The third-order valence-corrected chi connectivity index (χ3v) is 4.00. The van der Waals surface area contributed by atoms with Crippen LogP contribution in [-0.4, -0.2) is 10.9 Å². The van der Waals surface area contributed by atoms with E-state index >= 15 is 0 Å². The second kappa shape index (κ2) is 4.93. The van der Waals surface area contributed by atoms with Gasteiger partial charge in [0.05, 0.1) is 0 Å². The van der Waals surface area contributed by atoms with Crippen LogP contribution in [0.5, 0.6) is 5.75 Å². The Kier molecular flexibility index (Phi) is 4.21. The van der Waals surface area contributed by atoms with E-state index in [1.165, 1.54) is 0 Å². The van der Waals surface area contributed by atoms with Gasteiger partial charge in [0.15, 0.2) is 5.78 Å². The molecule has 2 nitrogen and oxygen atoms in total. The lowest BCUT2D eigenvalue weighted by Crippen LogP contribution is -2.19. The van der Waals surface area contributed by atoms with Crippen molar-refractivity contribution in [3.05, 3.63) is 27.2 Å². The maximum atomic E-state index is 11.8. The highest BCUT2D eigenvalue weighted by Gasteiger charge is 2.30. The average Bonchev–Trinajstić information content (AvgIpc) is 2.12. The van der Waals surface area contributed by atoms with E-state index in [-0.39, 0.29) is 22.4 Å². The average molecular weight is 327 g/mol. The zero-order valence-corrected chi connectivity index (χ0v) is 14.4. The van der Waals surface area contributed by atoms with Gasteiger partial charge in [0.1, 0.15) is 5.75 Å². The maximum absolute atomic E-state index is 11.8. The molecule has 0 saturated carbocycles. The molecule has 0 aliphatic carbocycles. The van der Waals surface area contributed by atoms with E-state index in [1.807, 2.05) is 41.5 Å². The number of hydrogen-bond donors (Lipinski definition) is 1. The van der Waals surface area contributed by atoms with E-state index in [1.54, 1.807) is 13.0 Å². The third-order valence-electron chi connectivity index (χ3n) is 3.17. The fraction of sp³-hybridized carbons (Fsp3) is 0.562. The number of halogens is 1. The predicted octanol–water partition coefficient (Wildman–Crippen LogP) is 4.95. The number of phenolic OH excluding ortho intramolecular Hbond substituents is 1. The van der Waals surface area contributed by atoms with Gasteiger partial charge in [-0.15, -0.1) is 0 Å². The van der Waals surface area contributed by atoms with E-state index < -0.39 is 0 Å². The summed E-state index contributed by atoms with van der Waals surface area (Å²) in [4.78, 5) is 11.8. The quantitative estimate of drug-likeness (QED) is 0.741. The second-order valence-corrected chi connectivity index (χ2v) is 7.86. The number of Topliss-reactive ketones (excluding diaryl/α,β-unsaturated/α-hetero) is 1. The van der Waals surface area contributed by atoms with Crippen molar-refractivity contribution in [2.24, 2.45) is 0 Å². The molecular formula is C16H23BrO2. The van der Waals surface area contributed by atoms with Gasteiger partial charge in [-0.3, -0.25) is 4.79 Å². The number of aromatic hydroxyl groups is 1. The highest BCUT2D eigenvalue weighted by Crippen LogP contribution is 2.44. The van der Waals surface area contributed by atoms with Crippen LogP contribution in [0.2, 0.25) is 0 Å². The van der Waals surface area contributed by atoms with Crippen LogP contribution >= 0.6 is 15.9 Å². The fourth-order valence-electron chi connectivity index (χ4n) is 2.16. The highest BCUT2D eigenvalue weighted by molar-refractivity contribution is 9.10. The lowest BCUT2D eigenvalue weighted by Gasteiger charge is -2.29. The van der Waals surface area contributed by atoms with E-state index in [0.717, 1.165) is 11.1 Å². The van der Waals surface area contributed by atoms with Gasteiger partial charge in [0.2, 0.25) is 0 Å². The minimum absolute atomic E-state index is 0.00266. The van der Waals surface area contributed by atoms with Crippen LogP contribution in [0, 0.1) is 0 Å². The molecule has 0 bridgehead atoms. The Morgan fingerprint density at radius 3 is 1.89 bits per heavy atom. The number of benzene rings is 1. The van der Waals surface area contributed by atoms with Gasteiger partial charge in [-0.2, -0.15) is 0 Å². The minimum Gasteiger partial charge on any atom is -0.507 e. The van der Waals surface area contributed by atoms with Crippen molar-refractivity contribution in [3.8, 4) is 5.75 Å². The number of carbonyl (C=O) groups is 1. The molecular weight excluding hydrogens is 304 g/mol. The number of ketones is 1. The Bertz CT molecular complexity index is 517. The van der Waals surface area contributed by atoms with Crippen LogP contribution in [0.25, 0.3) is 0 Å². The van der Waals surface area contributed by atoms with Crippen molar-refractivity contribution < 1.29 is 9.90 Å². The Hall–Kier alpha value is -0.830. The highest BCUT2D eigenvalue weighted by atomic mass is 79.9. The second-order valence-electron chi connectivity index (χ2n) is 7.07. The smallest absolute Gasteiger partial charge is 0.160 e. The summed E-state index contributed by atoms with van der Waals surface area (Å²) in [6, 6.07) is 1.80. The molecule has 0 amide bonds. The summed E-state index contributed by atoms with van der Waals surface area (Å²) < 4.78 is 0.706. The molecule has 1 aromatic rings. The van der Waals surface area contributed by atoms with Crippen molar-refractivity contribution in [2.45, 2.75) is 59.3 Å². The van der Waals surface area contributed by atoms with Crippen LogP contribution in [0.15, 0.2) is 10.5 Å². The first kappa shape index (κ1) is 16.2. The maximum Gasteiger partial charge on any atom is 0.160 e. The Labute approximate surface area is 124 Å². The van der Waals surface area contributed by atoms with Crippen LogP contribution in [-0.2, 0) is 10.8 Å². The first-order valence-electron chi connectivity index (χ1n) is 6.44. The van der Waals surface area contributed by atoms with E-state index in [4.69, 9.17) is 0 Å².